The molecule has 4 rings (SSSR count). The van der Waals surface area contributed by atoms with Crippen molar-refractivity contribution in [2.75, 3.05) is 5.32 Å². The van der Waals surface area contributed by atoms with Crippen molar-refractivity contribution in [3.05, 3.63) is 68.9 Å². The first kappa shape index (κ1) is 15.0. The molecule has 0 saturated carbocycles. The zero-order valence-electron chi connectivity index (χ0n) is 12.9. The van der Waals surface area contributed by atoms with Crippen LogP contribution >= 0.6 is 11.6 Å². The molecule has 1 heterocycles. The highest BCUT2D eigenvalue weighted by Crippen LogP contribution is 2.37. The number of halogens is 1. The molecule has 24 heavy (non-hydrogen) atoms. The van der Waals surface area contributed by atoms with Crippen LogP contribution in [0.2, 0.25) is 5.02 Å². The van der Waals surface area contributed by atoms with Gasteiger partial charge in [0.1, 0.15) is 0 Å². The van der Waals surface area contributed by atoms with Gasteiger partial charge in [-0.05, 0) is 55.2 Å². The molecule has 6 heteroatoms. The van der Waals surface area contributed by atoms with Crippen LogP contribution in [0.5, 0.6) is 0 Å². The number of aromatic amines is 1. The first-order chi connectivity index (χ1) is 11.6. The zero-order chi connectivity index (χ0) is 16.7. The third-order valence-corrected chi connectivity index (χ3v) is 4.82. The lowest BCUT2D eigenvalue weighted by Gasteiger charge is -2.24. The summed E-state index contributed by atoms with van der Waals surface area (Å²) in [5.41, 5.74) is 4.59. The summed E-state index contributed by atoms with van der Waals surface area (Å²) in [6.45, 7) is 0. The standard InChI is InChI=1S/C18H16ClN3O2/c19-11-4-9-16-15(10-11)14-2-1-3-17(18(14)21-16)20-12-5-7-13(8-6-12)22(23)24/h4-10,17,20-21H,1-3H2. The minimum atomic E-state index is -0.385. The van der Waals surface area contributed by atoms with Gasteiger partial charge < -0.3 is 10.3 Å². The normalized spacial score (nSPS) is 16.8. The number of nitrogens with one attached hydrogen (secondary N) is 2. The Bertz CT molecular complexity index is 918. The van der Waals surface area contributed by atoms with Crippen LogP contribution in [0, 0.1) is 10.1 Å². The van der Waals surface area contributed by atoms with E-state index in [0.29, 0.717) is 0 Å². The summed E-state index contributed by atoms with van der Waals surface area (Å²) in [6, 6.07) is 12.7. The van der Waals surface area contributed by atoms with E-state index in [-0.39, 0.29) is 16.7 Å². The number of nitro benzene ring substituents is 1. The van der Waals surface area contributed by atoms with E-state index in [1.54, 1.807) is 12.1 Å². The second kappa shape index (κ2) is 5.83. The summed E-state index contributed by atoms with van der Waals surface area (Å²) in [5, 5.41) is 16.2. The van der Waals surface area contributed by atoms with Gasteiger partial charge in [-0.15, -0.1) is 0 Å². The van der Waals surface area contributed by atoms with Gasteiger partial charge >= 0.3 is 0 Å². The number of rotatable bonds is 3. The number of aromatic nitrogens is 1. The van der Waals surface area contributed by atoms with E-state index in [4.69, 9.17) is 11.6 Å². The van der Waals surface area contributed by atoms with Crippen molar-refractivity contribution in [3.63, 3.8) is 0 Å². The molecule has 0 bridgehead atoms. The van der Waals surface area contributed by atoms with Crippen molar-refractivity contribution in [3.8, 4) is 0 Å². The Morgan fingerprint density at radius 2 is 2.00 bits per heavy atom. The molecule has 1 aromatic heterocycles. The number of benzene rings is 2. The minimum Gasteiger partial charge on any atom is -0.377 e. The number of nitrogens with zero attached hydrogens (tertiary/aromatic N) is 1. The third kappa shape index (κ3) is 2.61. The van der Waals surface area contributed by atoms with E-state index < -0.39 is 0 Å². The van der Waals surface area contributed by atoms with Crippen LogP contribution in [-0.4, -0.2) is 9.91 Å². The van der Waals surface area contributed by atoms with Crippen LogP contribution < -0.4 is 5.32 Å². The molecular weight excluding hydrogens is 326 g/mol. The molecule has 2 N–H and O–H groups in total. The minimum absolute atomic E-state index is 0.102. The molecule has 3 aromatic rings. The molecule has 0 radical (unpaired) electrons. The fraction of sp³-hybridized carbons (Fsp3) is 0.222. The number of hydrogen-bond acceptors (Lipinski definition) is 3. The summed E-state index contributed by atoms with van der Waals surface area (Å²) in [4.78, 5) is 13.9. The van der Waals surface area contributed by atoms with Gasteiger partial charge in [0.25, 0.3) is 5.69 Å². The average Bonchev–Trinajstić information content (AvgIpc) is 2.94. The largest absolute Gasteiger partial charge is 0.377 e. The van der Waals surface area contributed by atoms with E-state index in [9.17, 15) is 10.1 Å². The lowest BCUT2D eigenvalue weighted by Crippen LogP contribution is -2.17. The number of fused-ring (bicyclic) bond motifs is 3. The maximum Gasteiger partial charge on any atom is 0.269 e. The van der Waals surface area contributed by atoms with Crippen LogP contribution in [-0.2, 0) is 6.42 Å². The lowest BCUT2D eigenvalue weighted by atomic mass is 9.91. The van der Waals surface area contributed by atoms with E-state index in [0.717, 1.165) is 35.5 Å². The number of aryl methyl sites for hydroxylation is 1. The quantitative estimate of drug-likeness (QED) is 0.507. The summed E-state index contributed by atoms with van der Waals surface area (Å²) in [6.07, 6.45) is 3.15. The molecule has 122 valence electrons. The molecule has 0 fully saturated rings. The highest BCUT2D eigenvalue weighted by molar-refractivity contribution is 6.31. The Labute approximate surface area is 143 Å². The molecule has 0 saturated heterocycles. The van der Waals surface area contributed by atoms with Crippen LogP contribution in [0.15, 0.2) is 42.5 Å². The predicted molar refractivity (Wildman–Crippen MR) is 95.7 cm³/mol. The van der Waals surface area contributed by atoms with Crippen LogP contribution in [0.1, 0.15) is 30.1 Å². The third-order valence-electron chi connectivity index (χ3n) is 4.59. The maximum absolute atomic E-state index is 10.8. The van der Waals surface area contributed by atoms with Crippen molar-refractivity contribution in [2.24, 2.45) is 0 Å². The molecule has 0 spiro atoms. The van der Waals surface area contributed by atoms with E-state index in [1.807, 2.05) is 18.2 Å². The predicted octanol–water partition coefficient (Wildman–Crippen LogP) is 5.22. The fourth-order valence-corrected chi connectivity index (χ4v) is 3.63. The van der Waals surface area contributed by atoms with Crippen molar-refractivity contribution in [1.29, 1.82) is 0 Å². The highest BCUT2D eigenvalue weighted by Gasteiger charge is 2.24. The Balaban J connectivity index is 1.66. The van der Waals surface area contributed by atoms with Gasteiger partial charge in [0, 0.05) is 39.4 Å². The van der Waals surface area contributed by atoms with Gasteiger partial charge in [-0.2, -0.15) is 0 Å². The molecule has 0 aliphatic heterocycles. The smallest absolute Gasteiger partial charge is 0.269 e. The van der Waals surface area contributed by atoms with Crippen LogP contribution in [0.4, 0.5) is 11.4 Å². The first-order valence-electron chi connectivity index (χ1n) is 7.93. The van der Waals surface area contributed by atoms with Gasteiger partial charge in [0.05, 0.1) is 11.0 Å². The molecule has 1 aliphatic rings. The zero-order valence-corrected chi connectivity index (χ0v) is 13.6. The Morgan fingerprint density at radius 1 is 1.21 bits per heavy atom. The monoisotopic (exact) mass is 341 g/mol. The molecule has 0 amide bonds. The second-order valence-electron chi connectivity index (χ2n) is 6.10. The number of anilines is 1. The average molecular weight is 342 g/mol. The topological polar surface area (TPSA) is 71.0 Å². The maximum atomic E-state index is 10.8. The van der Waals surface area contributed by atoms with E-state index >= 15 is 0 Å². The SMILES string of the molecule is O=[N+]([O-])c1ccc(NC2CCCc3c2[nH]c2ccc(Cl)cc32)cc1. The fourth-order valence-electron chi connectivity index (χ4n) is 3.46. The Hall–Kier alpha value is -2.53. The summed E-state index contributed by atoms with van der Waals surface area (Å²) in [5.74, 6) is 0. The van der Waals surface area contributed by atoms with Crippen molar-refractivity contribution >= 4 is 33.9 Å². The number of H-pyrrole nitrogens is 1. The van der Waals surface area contributed by atoms with Gasteiger partial charge in [0.15, 0.2) is 0 Å². The highest BCUT2D eigenvalue weighted by atomic mass is 35.5. The molecular formula is C18H16ClN3O2. The summed E-state index contributed by atoms with van der Waals surface area (Å²) >= 11 is 6.14. The van der Waals surface area contributed by atoms with E-state index in [1.165, 1.54) is 28.8 Å². The summed E-state index contributed by atoms with van der Waals surface area (Å²) in [7, 11) is 0. The molecule has 1 atom stereocenters. The van der Waals surface area contributed by atoms with Crippen LogP contribution in [0.3, 0.4) is 0 Å². The molecule has 2 aromatic carbocycles. The lowest BCUT2D eigenvalue weighted by molar-refractivity contribution is -0.384. The summed E-state index contributed by atoms with van der Waals surface area (Å²) < 4.78 is 0. The van der Waals surface area contributed by atoms with Crippen molar-refractivity contribution in [2.45, 2.75) is 25.3 Å². The van der Waals surface area contributed by atoms with Gasteiger partial charge in [-0.1, -0.05) is 11.6 Å². The van der Waals surface area contributed by atoms with Crippen molar-refractivity contribution < 1.29 is 4.92 Å². The van der Waals surface area contributed by atoms with Gasteiger partial charge in [0.2, 0.25) is 0 Å². The Kier molecular flexibility index (Phi) is 3.65. The molecule has 1 unspecified atom stereocenters. The number of non-ortho nitro benzene ring substituents is 1. The van der Waals surface area contributed by atoms with Crippen LogP contribution in [0.25, 0.3) is 10.9 Å². The van der Waals surface area contributed by atoms with Gasteiger partial charge in [-0.3, -0.25) is 10.1 Å². The number of nitro groups is 1. The second-order valence-corrected chi connectivity index (χ2v) is 6.54. The number of hydrogen-bond donors (Lipinski definition) is 2. The Morgan fingerprint density at radius 3 is 2.75 bits per heavy atom. The van der Waals surface area contributed by atoms with Crippen molar-refractivity contribution in [1.82, 2.24) is 4.98 Å². The molecule has 1 aliphatic carbocycles. The first-order valence-corrected chi connectivity index (χ1v) is 8.30. The van der Waals surface area contributed by atoms with E-state index in [2.05, 4.69) is 10.3 Å². The molecule has 5 nitrogen and oxygen atoms in total. The van der Waals surface area contributed by atoms with Gasteiger partial charge in [-0.25, -0.2) is 0 Å².